The predicted octanol–water partition coefficient (Wildman–Crippen LogP) is 2.12. The minimum Gasteiger partial charge on any atom is -0.313 e. The molecule has 2 aromatic rings. The number of nitriles is 2. The van der Waals surface area contributed by atoms with Crippen LogP contribution >= 0.6 is 0 Å². The van der Waals surface area contributed by atoms with Gasteiger partial charge in [-0.25, -0.2) is 4.98 Å². The van der Waals surface area contributed by atoms with Crippen LogP contribution in [0.1, 0.15) is 30.3 Å². The lowest BCUT2D eigenvalue weighted by atomic mass is 10.2. The molecule has 0 aliphatic rings. The molecule has 2 rings (SSSR count). The summed E-state index contributed by atoms with van der Waals surface area (Å²) in [5.74, 6) is 0. The van der Waals surface area contributed by atoms with Gasteiger partial charge >= 0.3 is 0 Å². The van der Waals surface area contributed by atoms with E-state index in [2.05, 4.69) is 17.2 Å². The molecule has 0 bridgehead atoms. The van der Waals surface area contributed by atoms with Gasteiger partial charge in [-0.3, -0.25) is 4.57 Å². The SMILES string of the molecule is CCCNCc1cccc(-n2cnc(C#N)c2C#N)c1. The number of imidazole rings is 1. The highest BCUT2D eigenvalue weighted by Crippen LogP contribution is 2.15. The van der Waals surface area contributed by atoms with Gasteiger partial charge in [0.05, 0.1) is 0 Å². The molecule has 0 atom stereocenters. The summed E-state index contributed by atoms with van der Waals surface area (Å²) in [5.41, 5.74) is 2.39. The Balaban J connectivity index is 2.30. The van der Waals surface area contributed by atoms with Gasteiger partial charge in [-0.2, -0.15) is 10.5 Å². The van der Waals surface area contributed by atoms with Crippen LogP contribution in [-0.2, 0) is 6.54 Å². The van der Waals surface area contributed by atoms with Gasteiger partial charge in [-0.05, 0) is 30.7 Å². The maximum atomic E-state index is 9.15. The van der Waals surface area contributed by atoms with E-state index in [0.29, 0.717) is 0 Å². The first-order valence-corrected chi connectivity index (χ1v) is 6.47. The molecule has 5 nitrogen and oxygen atoms in total. The van der Waals surface area contributed by atoms with Gasteiger partial charge in [-0.1, -0.05) is 19.1 Å². The average molecular weight is 265 g/mol. The fourth-order valence-corrected chi connectivity index (χ4v) is 1.96. The predicted molar refractivity (Wildman–Crippen MR) is 75.0 cm³/mol. The van der Waals surface area contributed by atoms with E-state index in [1.807, 2.05) is 36.4 Å². The molecule has 0 spiro atoms. The Morgan fingerprint density at radius 3 is 2.85 bits per heavy atom. The molecule has 0 saturated carbocycles. The van der Waals surface area contributed by atoms with Gasteiger partial charge in [-0.15, -0.1) is 0 Å². The smallest absolute Gasteiger partial charge is 0.177 e. The standard InChI is InChI=1S/C15H15N5/c1-2-6-18-10-12-4-3-5-13(7-12)20-11-19-14(8-16)15(20)9-17/h3-5,7,11,18H,2,6,10H2,1H3. The minimum absolute atomic E-state index is 0.155. The number of nitrogens with one attached hydrogen (secondary N) is 1. The van der Waals surface area contributed by atoms with Gasteiger partial charge in [0.25, 0.3) is 0 Å². The minimum atomic E-state index is 0.155. The van der Waals surface area contributed by atoms with E-state index in [1.54, 1.807) is 4.57 Å². The third-order valence-electron chi connectivity index (χ3n) is 2.92. The summed E-state index contributed by atoms with van der Waals surface area (Å²) in [4.78, 5) is 3.95. The molecule has 0 aliphatic heterocycles. The summed E-state index contributed by atoms with van der Waals surface area (Å²) >= 11 is 0. The largest absolute Gasteiger partial charge is 0.313 e. The van der Waals surface area contributed by atoms with E-state index in [0.717, 1.165) is 30.8 Å². The Morgan fingerprint density at radius 2 is 2.15 bits per heavy atom. The maximum absolute atomic E-state index is 9.15. The second-order valence-electron chi connectivity index (χ2n) is 4.38. The highest BCUT2D eigenvalue weighted by Gasteiger charge is 2.11. The van der Waals surface area contributed by atoms with E-state index in [4.69, 9.17) is 10.5 Å². The lowest BCUT2D eigenvalue weighted by Gasteiger charge is -2.07. The van der Waals surface area contributed by atoms with Gasteiger partial charge in [0.2, 0.25) is 0 Å². The molecule has 0 radical (unpaired) electrons. The third kappa shape index (κ3) is 2.85. The molecule has 1 aromatic carbocycles. The number of benzene rings is 1. The van der Waals surface area contributed by atoms with Crippen molar-refractivity contribution in [1.82, 2.24) is 14.9 Å². The quantitative estimate of drug-likeness (QED) is 0.840. The van der Waals surface area contributed by atoms with Gasteiger partial charge in [0, 0.05) is 12.2 Å². The number of aromatic nitrogens is 2. The lowest BCUT2D eigenvalue weighted by Crippen LogP contribution is -2.13. The summed E-state index contributed by atoms with van der Waals surface area (Å²) in [6.07, 6.45) is 2.60. The maximum Gasteiger partial charge on any atom is 0.177 e. The zero-order chi connectivity index (χ0) is 14.4. The molecule has 0 saturated heterocycles. The second-order valence-corrected chi connectivity index (χ2v) is 4.38. The fourth-order valence-electron chi connectivity index (χ4n) is 1.96. The van der Waals surface area contributed by atoms with Crippen LogP contribution in [0.5, 0.6) is 0 Å². The molecule has 0 unspecified atom stereocenters. The van der Waals surface area contributed by atoms with Crippen molar-refractivity contribution in [1.29, 1.82) is 10.5 Å². The van der Waals surface area contributed by atoms with E-state index in [9.17, 15) is 0 Å². The Bertz CT molecular complexity index is 672. The normalized spacial score (nSPS) is 9.95. The molecule has 1 aromatic heterocycles. The summed E-state index contributed by atoms with van der Waals surface area (Å²) in [7, 11) is 0. The van der Waals surface area contributed by atoms with Gasteiger partial charge in [0.1, 0.15) is 18.5 Å². The van der Waals surface area contributed by atoms with Crippen LogP contribution in [0, 0.1) is 22.7 Å². The molecule has 1 heterocycles. The highest BCUT2D eigenvalue weighted by molar-refractivity contribution is 5.45. The molecular formula is C15H15N5. The Morgan fingerprint density at radius 1 is 1.30 bits per heavy atom. The zero-order valence-corrected chi connectivity index (χ0v) is 11.3. The Hall–Kier alpha value is -2.63. The van der Waals surface area contributed by atoms with Crippen molar-refractivity contribution in [3.05, 3.63) is 47.5 Å². The number of nitrogens with zero attached hydrogens (tertiary/aromatic N) is 4. The topological polar surface area (TPSA) is 77.4 Å². The first-order chi connectivity index (χ1) is 9.80. The molecular weight excluding hydrogens is 250 g/mol. The molecule has 0 aliphatic carbocycles. The second kappa shape index (κ2) is 6.51. The summed E-state index contributed by atoms with van der Waals surface area (Å²) in [6.45, 7) is 3.87. The Labute approximate surface area is 118 Å². The van der Waals surface area contributed by atoms with Crippen LogP contribution in [0.3, 0.4) is 0 Å². The van der Waals surface area contributed by atoms with Crippen LogP contribution in [0.15, 0.2) is 30.6 Å². The van der Waals surface area contributed by atoms with E-state index in [-0.39, 0.29) is 11.4 Å². The van der Waals surface area contributed by atoms with E-state index >= 15 is 0 Å². The van der Waals surface area contributed by atoms with Crippen molar-refractivity contribution in [2.24, 2.45) is 0 Å². The van der Waals surface area contributed by atoms with Crippen LogP contribution in [0.4, 0.5) is 0 Å². The average Bonchev–Trinajstić information content (AvgIpc) is 2.90. The van der Waals surface area contributed by atoms with Crippen molar-refractivity contribution in [3.8, 4) is 17.8 Å². The van der Waals surface area contributed by atoms with E-state index < -0.39 is 0 Å². The first-order valence-electron chi connectivity index (χ1n) is 6.47. The Kier molecular flexibility index (Phi) is 4.49. The zero-order valence-electron chi connectivity index (χ0n) is 11.3. The van der Waals surface area contributed by atoms with Crippen LogP contribution < -0.4 is 5.32 Å². The molecule has 0 amide bonds. The van der Waals surface area contributed by atoms with Crippen molar-refractivity contribution < 1.29 is 0 Å². The molecule has 1 N–H and O–H groups in total. The monoisotopic (exact) mass is 265 g/mol. The number of hydrogen-bond acceptors (Lipinski definition) is 4. The van der Waals surface area contributed by atoms with Crippen LogP contribution in [-0.4, -0.2) is 16.1 Å². The van der Waals surface area contributed by atoms with Crippen LogP contribution in [0.25, 0.3) is 5.69 Å². The van der Waals surface area contributed by atoms with E-state index in [1.165, 1.54) is 6.33 Å². The molecule has 100 valence electrons. The lowest BCUT2D eigenvalue weighted by molar-refractivity contribution is 0.675. The van der Waals surface area contributed by atoms with Crippen molar-refractivity contribution in [2.45, 2.75) is 19.9 Å². The first kappa shape index (κ1) is 13.8. The highest BCUT2D eigenvalue weighted by atomic mass is 15.1. The molecule has 20 heavy (non-hydrogen) atoms. The van der Waals surface area contributed by atoms with Crippen molar-refractivity contribution in [2.75, 3.05) is 6.54 Å². The number of rotatable bonds is 5. The van der Waals surface area contributed by atoms with Gasteiger partial charge in [0.15, 0.2) is 11.4 Å². The number of hydrogen-bond donors (Lipinski definition) is 1. The summed E-state index contributed by atoms with van der Waals surface area (Å²) in [6, 6.07) is 11.8. The molecule has 5 heteroatoms. The van der Waals surface area contributed by atoms with Crippen LogP contribution in [0.2, 0.25) is 0 Å². The third-order valence-corrected chi connectivity index (χ3v) is 2.92. The fraction of sp³-hybridized carbons (Fsp3) is 0.267. The van der Waals surface area contributed by atoms with Crippen molar-refractivity contribution >= 4 is 0 Å². The summed E-state index contributed by atoms with van der Waals surface area (Å²) in [5, 5.41) is 21.4. The molecule has 0 fully saturated rings. The van der Waals surface area contributed by atoms with Crippen molar-refractivity contribution in [3.63, 3.8) is 0 Å². The van der Waals surface area contributed by atoms with Gasteiger partial charge < -0.3 is 5.32 Å². The summed E-state index contributed by atoms with van der Waals surface area (Å²) < 4.78 is 1.64.